The summed E-state index contributed by atoms with van der Waals surface area (Å²) < 4.78 is 43.0. The normalized spacial score (nSPS) is 21.0. The smallest absolute Gasteiger partial charge is 0.406 e. The van der Waals surface area contributed by atoms with Crippen LogP contribution in [0, 0.1) is 5.92 Å². The lowest BCUT2D eigenvalue weighted by Crippen LogP contribution is -2.50. The van der Waals surface area contributed by atoms with Gasteiger partial charge in [-0.05, 0) is 18.2 Å². The molecule has 2 aliphatic heterocycles. The van der Waals surface area contributed by atoms with E-state index in [4.69, 9.17) is 16.3 Å². The van der Waals surface area contributed by atoms with Gasteiger partial charge in [-0.25, -0.2) is 0 Å². The van der Waals surface area contributed by atoms with E-state index in [2.05, 4.69) is 4.90 Å². The molecular formula is C19H23ClF3N3O3. The lowest BCUT2D eigenvalue weighted by molar-refractivity contribution is -0.157. The van der Waals surface area contributed by atoms with Crippen molar-refractivity contribution in [2.45, 2.75) is 19.1 Å². The molecule has 0 N–H and O–H groups in total. The van der Waals surface area contributed by atoms with E-state index in [1.807, 2.05) is 6.07 Å². The number of rotatable bonds is 5. The second kappa shape index (κ2) is 8.79. The molecular weight excluding hydrogens is 411 g/mol. The molecule has 0 aliphatic carbocycles. The molecule has 0 bridgehead atoms. The van der Waals surface area contributed by atoms with Crippen LogP contribution in [-0.4, -0.2) is 79.1 Å². The Morgan fingerprint density at radius 3 is 2.55 bits per heavy atom. The van der Waals surface area contributed by atoms with Gasteiger partial charge in [0.25, 0.3) is 0 Å². The van der Waals surface area contributed by atoms with Crippen LogP contribution in [0.25, 0.3) is 0 Å². The fourth-order valence-electron chi connectivity index (χ4n) is 3.80. The van der Waals surface area contributed by atoms with Crippen molar-refractivity contribution in [3.8, 4) is 5.75 Å². The second-order valence-corrected chi connectivity index (χ2v) is 7.78. The first-order valence-corrected chi connectivity index (χ1v) is 9.72. The Kier molecular flexibility index (Phi) is 6.58. The highest BCUT2D eigenvalue weighted by molar-refractivity contribution is 6.30. The summed E-state index contributed by atoms with van der Waals surface area (Å²) in [7, 11) is 1.59. The fourth-order valence-corrected chi connectivity index (χ4v) is 4.00. The molecule has 29 heavy (non-hydrogen) atoms. The Labute approximate surface area is 172 Å². The maximum absolute atomic E-state index is 12.7. The molecule has 0 radical (unpaired) electrons. The number of carbonyl (C=O) groups is 2. The molecule has 3 rings (SSSR count). The highest BCUT2D eigenvalue weighted by Crippen LogP contribution is 2.27. The summed E-state index contributed by atoms with van der Waals surface area (Å²) in [6, 6.07) is 5.41. The molecule has 2 fully saturated rings. The molecule has 0 saturated carbocycles. The molecule has 6 nitrogen and oxygen atoms in total. The van der Waals surface area contributed by atoms with Gasteiger partial charge >= 0.3 is 6.18 Å². The van der Waals surface area contributed by atoms with E-state index in [1.165, 1.54) is 0 Å². The summed E-state index contributed by atoms with van der Waals surface area (Å²) in [6.07, 6.45) is -4.62. The predicted molar refractivity (Wildman–Crippen MR) is 101 cm³/mol. The zero-order valence-electron chi connectivity index (χ0n) is 16.0. The summed E-state index contributed by atoms with van der Waals surface area (Å²) in [5, 5.41) is 0.615. The van der Waals surface area contributed by atoms with Crippen molar-refractivity contribution in [3.05, 3.63) is 28.8 Å². The van der Waals surface area contributed by atoms with E-state index >= 15 is 0 Å². The summed E-state index contributed by atoms with van der Waals surface area (Å²) >= 11 is 6.06. The molecule has 0 spiro atoms. The lowest BCUT2D eigenvalue weighted by atomic mass is 10.1. The maximum Gasteiger partial charge on any atom is 0.406 e. The Morgan fingerprint density at radius 2 is 1.93 bits per heavy atom. The summed E-state index contributed by atoms with van der Waals surface area (Å²) in [5.41, 5.74) is 0.948. The lowest BCUT2D eigenvalue weighted by Gasteiger charge is -2.36. The standard InChI is InChI=1S/C19H23ClF3N3O3/c1-29-16-3-2-15(20)8-13(16)10-24-4-6-25(7-5-24)18(28)14-9-17(27)26(11-14)12-19(21,22)23/h2-3,8,14H,4-7,9-12H2,1H3. The van der Waals surface area contributed by atoms with E-state index in [9.17, 15) is 22.8 Å². The first kappa shape index (κ1) is 21.7. The molecule has 1 aromatic rings. The van der Waals surface area contributed by atoms with Gasteiger partial charge in [0, 0.05) is 56.3 Å². The van der Waals surface area contributed by atoms with Gasteiger partial charge in [-0.3, -0.25) is 14.5 Å². The maximum atomic E-state index is 12.7. The molecule has 2 saturated heterocycles. The molecule has 1 aromatic carbocycles. The third kappa shape index (κ3) is 5.54. The number of likely N-dealkylation sites (tertiary alicyclic amines) is 1. The zero-order valence-corrected chi connectivity index (χ0v) is 16.8. The van der Waals surface area contributed by atoms with Gasteiger partial charge in [0.2, 0.25) is 11.8 Å². The van der Waals surface area contributed by atoms with Crippen molar-refractivity contribution >= 4 is 23.4 Å². The van der Waals surface area contributed by atoms with E-state index in [0.717, 1.165) is 16.2 Å². The third-order valence-corrected chi connectivity index (χ3v) is 5.49. The van der Waals surface area contributed by atoms with Crippen LogP contribution in [0.3, 0.4) is 0 Å². The number of carbonyl (C=O) groups excluding carboxylic acids is 2. The highest BCUT2D eigenvalue weighted by Gasteiger charge is 2.42. The minimum absolute atomic E-state index is 0.158. The monoisotopic (exact) mass is 433 g/mol. The second-order valence-electron chi connectivity index (χ2n) is 7.35. The van der Waals surface area contributed by atoms with E-state index in [1.54, 1.807) is 24.1 Å². The molecule has 160 valence electrons. The van der Waals surface area contributed by atoms with Crippen LogP contribution in [0.2, 0.25) is 5.02 Å². The average molecular weight is 434 g/mol. The first-order valence-electron chi connectivity index (χ1n) is 9.34. The number of ether oxygens (including phenoxy) is 1. The Hall–Kier alpha value is -2.00. The number of amides is 2. The quantitative estimate of drug-likeness (QED) is 0.715. The van der Waals surface area contributed by atoms with Crippen molar-refractivity contribution in [2.24, 2.45) is 5.92 Å². The number of alkyl halides is 3. The Bertz CT molecular complexity index is 767. The van der Waals surface area contributed by atoms with Gasteiger partial charge < -0.3 is 14.5 Å². The molecule has 2 aliphatic rings. The minimum atomic E-state index is -4.46. The minimum Gasteiger partial charge on any atom is -0.496 e. The molecule has 10 heteroatoms. The number of methoxy groups -OCH3 is 1. The number of hydrogen-bond donors (Lipinski definition) is 0. The van der Waals surface area contributed by atoms with Gasteiger partial charge in [-0.15, -0.1) is 0 Å². The molecule has 2 amide bonds. The number of piperazine rings is 1. The van der Waals surface area contributed by atoms with Crippen molar-refractivity contribution in [1.82, 2.24) is 14.7 Å². The number of benzene rings is 1. The van der Waals surface area contributed by atoms with Gasteiger partial charge in [-0.2, -0.15) is 13.2 Å². The first-order chi connectivity index (χ1) is 13.7. The van der Waals surface area contributed by atoms with Crippen LogP contribution in [0.5, 0.6) is 5.75 Å². The fraction of sp³-hybridized carbons (Fsp3) is 0.579. The SMILES string of the molecule is COc1ccc(Cl)cc1CN1CCN(C(=O)C2CC(=O)N(CC(F)(F)F)C2)CC1. The summed E-state index contributed by atoms with van der Waals surface area (Å²) in [5.74, 6) is -0.832. The van der Waals surface area contributed by atoms with E-state index < -0.39 is 24.5 Å². The van der Waals surface area contributed by atoms with Crippen molar-refractivity contribution in [3.63, 3.8) is 0 Å². The Balaban J connectivity index is 1.53. The van der Waals surface area contributed by atoms with Gasteiger partial charge in [0.05, 0.1) is 13.0 Å². The van der Waals surface area contributed by atoms with Gasteiger partial charge in [0.1, 0.15) is 12.3 Å². The zero-order chi connectivity index (χ0) is 21.2. The van der Waals surface area contributed by atoms with Crippen LogP contribution in [0.1, 0.15) is 12.0 Å². The Morgan fingerprint density at radius 1 is 1.24 bits per heavy atom. The molecule has 0 aromatic heterocycles. The predicted octanol–water partition coefficient (Wildman–Crippen LogP) is 2.40. The van der Waals surface area contributed by atoms with Crippen LogP contribution < -0.4 is 4.74 Å². The van der Waals surface area contributed by atoms with Gasteiger partial charge in [0.15, 0.2) is 0 Å². The third-order valence-electron chi connectivity index (χ3n) is 5.25. The van der Waals surface area contributed by atoms with Gasteiger partial charge in [-0.1, -0.05) is 11.6 Å². The molecule has 1 atom stereocenters. The number of nitrogens with zero attached hydrogens (tertiary/aromatic N) is 3. The topological polar surface area (TPSA) is 53.1 Å². The van der Waals surface area contributed by atoms with Crippen molar-refractivity contribution in [1.29, 1.82) is 0 Å². The summed E-state index contributed by atoms with van der Waals surface area (Å²) in [4.78, 5) is 29.0. The van der Waals surface area contributed by atoms with Crippen LogP contribution in [0.15, 0.2) is 18.2 Å². The highest BCUT2D eigenvalue weighted by atomic mass is 35.5. The largest absolute Gasteiger partial charge is 0.496 e. The number of halogens is 4. The average Bonchev–Trinajstić information content (AvgIpc) is 3.01. The van der Waals surface area contributed by atoms with Crippen molar-refractivity contribution in [2.75, 3.05) is 46.4 Å². The summed E-state index contributed by atoms with van der Waals surface area (Å²) in [6.45, 7) is 1.31. The van der Waals surface area contributed by atoms with E-state index in [-0.39, 0.29) is 18.9 Å². The van der Waals surface area contributed by atoms with Crippen molar-refractivity contribution < 1.29 is 27.5 Å². The van der Waals surface area contributed by atoms with E-state index in [0.29, 0.717) is 37.7 Å². The van der Waals surface area contributed by atoms with Crippen LogP contribution in [-0.2, 0) is 16.1 Å². The van der Waals surface area contributed by atoms with Crippen LogP contribution in [0.4, 0.5) is 13.2 Å². The van der Waals surface area contributed by atoms with Crippen LogP contribution >= 0.6 is 11.6 Å². The molecule has 1 unspecified atom stereocenters. The number of hydrogen-bond acceptors (Lipinski definition) is 4. The molecule has 2 heterocycles.